The van der Waals surface area contributed by atoms with E-state index >= 15 is 0 Å². The van der Waals surface area contributed by atoms with Gasteiger partial charge in [0.15, 0.2) is 0 Å². The first kappa shape index (κ1) is 13.4. The number of aromatic amines is 1. The van der Waals surface area contributed by atoms with Gasteiger partial charge in [-0.1, -0.05) is 25.4 Å². The molecule has 0 aliphatic rings. The number of carboxylic acid groups (broad SMARTS) is 1. The molecule has 3 N–H and O–H groups in total. The third-order valence-electron chi connectivity index (χ3n) is 2.82. The molecule has 0 fully saturated rings. The highest BCUT2D eigenvalue weighted by Crippen LogP contribution is 2.36. The lowest BCUT2D eigenvalue weighted by Crippen LogP contribution is -1.95. The molecule has 0 aliphatic heterocycles. The van der Waals surface area contributed by atoms with E-state index in [4.69, 9.17) is 16.7 Å². The minimum absolute atomic E-state index is 0.0246. The predicted molar refractivity (Wildman–Crippen MR) is 71.7 cm³/mol. The van der Waals surface area contributed by atoms with Gasteiger partial charge in [0.2, 0.25) is 0 Å². The minimum atomic E-state index is -1.11. The van der Waals surface area contributed by atoms with Gasteiger partial charge in [-0.05, 0) is 29.7 Å². The van der Waals surface area contributed by atoms with E-state index in [9.17, 15) is 9.90 Å². The van der Waals surface area contributed by atoms with Gasteiger partial charge in [0, 0.05) is 10.6 Å². The SMILES string of the molecule is CC(C)c1cc(O)c(-c2cc(C(=O)O)[nH]n2)cc1Cl. The molecule has 0 spiro atoms. The average molecular weight is 281 g/mol. The number of carboxylic acids is 1. The number of aromatic carboxylic acids is 1. The monoisotopic (exact) mass is 280 g/mol. The zero-order valence-electron chi connectivity index (χ0n) is 10.4. The maximum absolute atomic E-state index is 10.8. The molecule has 2 aromatic rings. The number of carbonyl (C=O) groups is 1. The predicted octanol–water partition coefficient (Wildman–Crippen LogP) is 3.26. The molecule has 0 unspecified atom stereocenters. The molecule has 0 aliphatic carbocycles. The summed E-state index contributed by atoms with van der Waals surface area (Å²) in [4.78, 5) is 10.8. The lowest BCUT2D eigenvalue weighted by Gasteiger charge is -2.11. The summed E-state index contributed by atoms with van der Waals surface area (Å²) >= 11 is 6.15. The molecular formula is C13H13ClN2O3. The van der Waals surface area contributed by atoms with E-state index in [1.165, 1.54) is 6.07 Å². The normalized spacial score (nSPS) is 10.9. The molecule has 1 aromatic carbocycles. The van der Waals surface area contributed by atoms with Crippen LogP contribution in [0.1, 0.15) is 35.8 Å². The molecular weight excluding hydrogens is 268 g/mol. The largest absolute Gasteiger partial charge is 0.507 e. The van der Waals surface area contributed by atoms with Crippen LogP contribution < -0.4 is 0 Å². The Labute approximate surface area is 114 Å². The molecule has 19 heavy (non-hydrogen) atoms. The lowest BCUT2D eigenvalue weighted by atomic mass is 9.99. The number of halogens is 1. The number of phenolic OH excluding ortho intramolecular Hbond substituents is 1. The maximum Gasteiger partial charge on any atom is 0.353 e. The first-order chi connectivity index (χ1) is 8.90. The van der Waals surface area contributed by atoms with Gasteiger partial charge in [0.1, 0.15) is 11.4 Å². The Morgan fingerprint density at radius 1 is 1.37 bits per heavy atom. The van der Waals surface area contributed by atoms with Crippen LogP contribution >= 0.6 is 11.6 Å². The fourth-order valence-electron chi connectivity index (χ4n) is 1.79. The molecule has 5 nitrogen and oxygen atoms in total. The quantitative estimate of drug-likeness (QED) is 0.805. The van der Waals surface area contributed by atoms with E-state index in [-0.39, 0.29) is 17.4 Å². The number of rotatable bonds is 3. The number of aromatic nitrogens is 2. The van der Waals surface area contributed by atoms with Crippen molar-refractivity contribution in [3.63, 3.8) is 0 Å². The van der Waals surface area contributed by atoms with Gasteiger partial charge >= 0.3 is 5.97 Å². The molecule has 0 saturated heterocycles. The molecule has 0 amide bonds. The van der Waals surface area contributed by atoms with Crippen molar-refractivity contribution in [1.82, 2.24) is 10.2 Å². The van der Waals surface area contributed by atoms with Crippen LogP contribution in [0.25, 0.3) is 11.3 Å². The van der Waals surface area contributed by atoms with Crippen molar-refractivity contribution in [3.05, 3.63) is 34.5 Å². The summed E-state index contributed by atoms with van der Waals surface area (Å²) in [5, 5.41) is 25.6. The van der Waals surface area contributed by atoms with E-state index in [1.807, 2.05) is 13.8 Å². The van der Waals surface area contributed by atoms with Crippen LogP contribution in [-0.4, -0.2) is 26.4 Å². The van der Waals surface area contributed by atoms with E-state index in [0.29, 0.717) is 16.3 Å². The topological polar surface area (TPSA) is 86.2 Å². The second kappa shape index (κ2) is 4.93. The van der Waals surface area contributed by atoms with Crippen LogP contribution in [0, 0.1) is 0 Å². The summed E-state index contributed by atoms with van der Waals surface area (Å²) < 4.78 is 0. The Bertz CT molecular complexity index is 635. The number of hydrogen-bond acceptors (Lipinski definition) is 3. The number of nitrogens with zero attached hydrogens (tertiary/aromatic N) is 1. The van der Waals surface area contributed by atoms with Crippen LogP contribution in [0.2, 0.25) is 5.02 Å². The molecule has 0 saturated carbocycles. The molecule has 0 radical (unpaired) electrons. The number of aromatic hydroxyl groups is 1. The minimum Gasteiger partial charge on any atom is -0.507 e. The van der Waals surface area contributed by atoms with Gasteiger partial charge in [0.25, 0.3) is 0 Å². The van der Waals surface area contributed by atoms with Crippen molar-refractivity contribution < 1.29 is 15.0 Å². The number of hydrogen-bond donors (Lipinski definition) is 3. The zero-order valence-corrected chi connectivity index (χ0v) is 11.2. The second-order valence-electron chi connectivity index (χ2n) is 4.52. The first-order valence-electron chi connectivity index (χ1n) is 5.71. The highest BCUT2D eigenvalue weighted by molar-refractivity contribution is 6.31. The van der Waals surface area contributed by atoms with Gasteiger partial charge in [-0.15, -0.1) is 0 Å². The second-order valence-corrected chi connectivity index (χ2v) is 4.92. The van der Waals surface area contributed by atoms with Gasteiger partial charge < -0.3 is 10.2 Å². The summed E-state index contributed by atoms with van der Waals surface area (Å²) in [6.07, 6.45) is 0. The van der Waals surface area contributed by atoms with Gasteiger partial charge in [-0.25, -0.2) is 4.79 Å². The van der Waals surface area contributed by atoms with Crippen LogP contribution in [0.15, 0.2) is 18.2 Å². The highest BCUT2D eigenvalue weighted by atomic mass is 35.5. The molecule has 2 rings (SSSR count). The fourth-order valence-corrected chi connectivity index (χ4v) is 2.18. The molecule has 1 aromatic heterocycles. The van der Waals surface area contributed by atoms with Crippen LogP contribution in [0.4, 0.5) is 0 Å². The molecule has 0 atom stereocenters. The summed E-state index contributed by atoms with van der Waals surface area (Å²) in [6.45, 7) is 3.94. The Kier molecular flexibility index (Phi) is 3.48. The van der Waals surface area contributed by atoms with E-state index < -0.39 is 5.97 Å². The molecule has 100 valence electrons. The Balaban J connectivity index is 2.50. The van der Waals surface area contributed by atoms with Gasteiger partial charge in [-0.3, -0.25) is 5.10 Å². The molecule has 1 heterocycles. The Hall–Kier alpha value is -2.01. The van der Waals surface area contributed by atoms with E-state index in [1.54, 1.807) is 12.1 Å². The number of benzene rings is 1. The maximum atomic E-state index is 10.8. The third kappa shape index (κ3) is 2.56. The van der Waals surface area contributed by atoms with Crippen molar-refractivity contribution in [1.29, 1.82) is 0 Å². The van der Waals surface area contributed by atoms with Crippen molar-refractivity contribution in [3.8, 4) is 17.0 Å². The van der Waals surface area contributed by atoms with Gasteiger partial charge in [-0.2, -0.15) is 5.10 Å². The number of H-pyrrole nitrogens is 1. The van der Waals surface area contributed by atoms with E-state index in [0.717, 1.165) is 5.56 Å². The smallest absolute Gasteiger partial charge is 0.353 e. The van der Waals surface area contributed by atoms with E-state index in [2.05, 4.69) is 10.2 Å². The lowest BCUT2D eigenvalue weighted by molar-refractivity contribution is 0.0690. The summed E-state index contributed by atoms with van der Waals surface area (Å²) in [6, 6.07) is 4.52. The number of phenols is 1. The number of nitrogens with one attached hydrogen (secondary N) is 1. The summed E-state index contributed by atoms with van der Waals surface area (Å²) in [7, 11) is 0. The Morgan fingerprint density at radius 2 is 2.05 bits per heavy atom. The standard InChI is InChI=1S/C13H13ClN2O3/c1-6(2)7-4-12(17)8(3-9(7)14)10-5-11(13(18)19)16-15-10/h3-6,17H,1-2H3,(H,15,16)(H,18,19). The fraction of sp³-hybridized carbons (Fsp3) is 0.231. The first-order valence-corrected chi connectivity index (χ1v) is 6.09. The summed E-state index contributed by atoms with van der Waals surface area (Å²) in [5.74, 6) is -0.902. The molecule has 6 heteroatoms. The van der Waals surface area contributed by atoms with Crippen molar-refractivity contribution in [2.24, 2.45) is 0 Å². The van der Waals surface area contributed by atoms with Crippen molar-refractivity contribution >= 4 is 17.6 Å². The summed E-state index contributed by atoms with van der Waals surface area (Å²) in [5.41, 5.74) is 1.53. The van der Waals surface area contributed by atoms with Crippen LogP contribution in [0.5, 0.6) is 5.75 Å². The van der Waals surface area contributed by atoms with Gasteiger partial charge in [0.05, 0.1) is 5.69 Å². The molecule has 0 bridgehead atoms. The highest BCUT2D eigenvalue weighted by Gasteiger charge is 2.15. The zero-order chi connectivity index (χ0) is 14.2. The van der Waals surface area contributed by atoms with Crippen molar-refractivity contribution in [2.45, 2.75) is 19.8 Å². The van der Waals surface area contributed by atoms with Crippen LogP contribution in [-0.2, 0) is 0 Å². The third-order valence-corrected chi connectivity index (χ3v) is 3.15. The average Bonchev–Trinajstić information content (AvgIpc) is 2.80. The Morgan fingerprint density at radius 3 is 2.58 bits per heavy atom. The van der Waals surface area contributed by atoms with Crippen LogP contribution in [0.3, 0.4) is 0 Å². The van der Waals surface area contributed by atoms with Crippen molar-refractivity contribution in [2.75, 3.05) is 0 Å².